The summed E-state index contributed by atoms with van der Waals surface area (Å²) in [5, 5.41) is 4.32. The zero-order valence-electron chi connectivity index (χ0n) is 20.6. The van der Waals surface area contributed by atoms with Crippen molar-refractivity contribution in [1.82, 2.24) is 19.5 Å². The van der Waals surface area contributed by atoms with Gasteiger partial charge in [0.15, 0.2) is 0 Å². The maximum absolute atomic E-state index is 13.3. The molecule has 1 aromatic carbocycles. The van der Waals surface area contributed by atoms with Crippen molar-refractivity contribution in [3.05, 3.63) is 57.2 Å². The van der Waals surface area contributed by atoms with Gasteiger partial charge in [0.05, 0.1) is 16.3 Å². The van der Waals surface area contributed by atoms with Gasteiger partial charge in [-0.05, 0) is 69.5 Å². The Morgan fingerprint density at radius 3 is 2.39 bits per heavy atom. The molecule has 0 radical (unpaired) electrons. The first-order valence-electron chi connectivity index (χ1n) is 12.2. The SMILES string of the molecule is Cc1c(C(=O)N2CCC(N3CCC(NS(C)(=O)=O)CC3)CC2)ccnc1NCc1ccc(Cl)c(Cl)c1. The summed E-state index contributed by atoms with van der Waals surface area (Å²) in [6.07, 6.45) is 6.36. The minimum Gasteiger partial charge on any atom is -0.366 e. The lowest BCUT2D eigenvalue weighted by Crippen LogP contribution is -2.51. The van der Waals surface area contributed by atoms with E-state index in [1.165, 1.54) is 6.26 Å². The van der Waals surface area contributed by atoms with Crippen LogP contribution in [0.3, 0.4) is 0 Å². The highest BCUT2D eigenvalue weighted by Crippen LogP contribution is 2.26. The number of carbonyl (C=O) groups excluding carboxylic acids is 1. The Balaban J connectivity index is 1.31. The molecule has 2 aliphatic heterocycles. The maximum atomic E-state index is 13.3. The minimum absolute atomic E-state index is 0.0204. The van der Waals surface area contributed by atoms with Crippen LogP contribution in [0.5, 0.6) is 0 Å². The van der Waals surface area contributed by atoms with E-state index in [0.29, 0.717) is 47.1 Å². The number of nitrogens with zero attached hydrogens (tertiary/aromatic N) is 3. The molecule has 4 rings (SSSR count). The standard InChI is InChI=1S/C25H33Cl2N5O3S/c1-17-21(5-10-28-24(17)29-16-18-3-4-22(26)23(27)15-18)25(33)32-13-8-20(9-14-32)31-11-6-19(7-12-31)30-36(2,34)35/h3-5,10,15,19-20,30H,6-9,11-14,16H2,1-2H3,(H,28,29). The van der Waals surface area contributed by atoms with Gasteiger partial charge < -0.3 is 15.1 Å². The molecule has 1 amide bonds. The molecule has 0 spiro atoms. The fraction of sp³-hybridized carbons (Fsp3) is 0.520. The number of amides is 1. The number of hydrogen-bond acceptors (Lipinski definition) is 6. The minimum atomic E-state index is -3.17. The van der Waals surface area contributed by atoms with E-state index in [9.17, 15) is 13.2 Å². The molecule has 196 valence electrons. The van der Waals surface area contributed by atoms with Crippen LogP contribution in [0.15, 0.2) is 30.5 Å². The molecule has 36 heavy (non-hydrogen) atoms. The first-order valence-corrected chi connectivity index (χ1v) is 14.9. The summed E-state index contributed by atoms with van der Waals surface area (Å²) < 4.78 is 25.7. The molecule has 2 fully saturated rings. The summed E-state index contributed by atoms with van der Waals surface area (Å²) in [4.78, 5) is 22.2. The molecular formula is C25H33Cl2N5O3S. The molecule has 0 bridgehead atoms. The highest BCUT2D eigenvalue weighted by molar-refractivity contribution is 7.88. The largest absolute Gasteiger partial charge is 0.366 e. The lowest BCUT2D eigenvalue weighted by atomic mass is 9.97. The lowest BCUT2D eigenvalue weighted by molar-refractivity contribution is 0.0576. The molecule has 0 atom stereocenters. The third kappa shape index (κ3) is 6.89. The van der Waals surface area contributed by atoms with Crippen LogP contribution in [-0.2, 0) is 16.6 Å². The van der Waals surface area contributed by atoms with Gasteiger partial charge in [-0.1, -0.05) is 29.3 Å². The number of likely N-dealkylation sites (tertiary alicyclic amines) is 2. The van der Waals surface area contributed by atoms with Crippen molar-refractivity contribution in [3.63, 3.8) is 0 Å². The Morgan fingerprint density at radius 1 is 1.06 bits per heavy atom. The molecule has 0 unspecified atom stereocenters. The van der Waals surface area contributed by atoms with E-state index in [1.807, 2.05) is 24.0 Å². The van der Waals surface area contributed by atoms with Crippen molar-refractivity contribution in [2.75, 3.05) is 37.8 Å². The van der Waals surface area contributed by atoms with Gasteiger partial charge in [-0.15, -0.1) is 0 Å². The number of pyridine rings is 1. The fourth-order valence-electron chi connectivity index (χ4n) is 5.07. The van der Waals surface area contributed by atoms with E-state index < -0.39 is 10.0 Å². The normalized spacial score (nSPS) is 18.4. The maximum Gasteiger partial charge on any atom is 0.254 e. The molecule has 8 nitrogen and oxygen atoms in total. The van der Waals surface area contributed by atoms with Gasteiger partial charge in [0.1, 0.15) is 5.82 Å². The van der Waals surface area contributed by atoms with Crippen molar-refractivity contribution in [2.45, 2.75) is 51.2 Å². The number of benzene rings is 1. The average Bonchev–Trinajstić information content (AvgIpc) is 2.85. The van der Waals surface area contributed by atoms with Gasteiger partial charge in [0, 0.05) is 49.0 Å². The molecule has 2 saturated heterocycles. The van der Waals surface area contributed by atoms with Gasteiger partial charge in [0.2, 0.25) is 10.0 Å². The number of rotatable bonds is 7. The van der Waals surface area contributed by atoms with E-state index in [0.717, 1.165) is 49.9 Å². The summed E-state index contributed by atoms with van der Waals surface area (Å²) >= 11 is 12.1. The van der Waals surface area contributed by atoms with E-state index >= 15 is 0 Å². The number of hydrogen-bond donors (Lipinski definition) is 2. The van der Waals surface area contributed by atoms with Crippen LogP contribution in [0, 0.1) is 6.92 Å². The molecule has 2 N–H and O–H groups in total. The Labute approximate surface area is 223 Å². The van der Waals surface area contributed by atoms with Gasteiger partial charge in [-0.2, -0.15) is 0 Å². The van der Waals surface area contributed by atoms with Gasteiger partial charge in [-0.25, -0.2) is 18.1 Å². The fourth-order valence-corrected chi connectivity index (χ4v) is 6.23. The van der Waals surface area contributed by atoms with Crippen LogP contribution in [-0.4, -0.2) is 73.6 Å². The number of aromatic nitrogens is 1. The molecule has 0 aliphatic carbocycles. The highest BCUT2D eigenvalue weighted by Gasteiger charge is 2.31. The van der Waals surface area contributed by atoms with Gasteiger partial charge >= 0.3 is 0 Å². The lowest BCUT2D eigenvalue weighted by Gasteiger charge is -2.41. The van der Waals surface area contributed by atoms with Crippen molar-refractivity contribution in [2.24, 2.45) is 0 Å². The molecule has 2 aromatic rings. The van der Waals surface area contributed by atoms with Crippen LogP contribution in [0.1, 0.15) is 47.2 Å². The quantitative estimate of drug-likeness (QED) is 0.539. The van der Waals surface area contributed by atoms with Crippen molar-refractivity contribution >= 4 is 45.0 Å². The molecule has 3 heterocycles. The Morgan fingerprint density at radius 2 is 1.75 bits per heavy atom. The van der Waals surface area contributed by atoms with Crippen LogP contribution >= 0.6 is 23.2 Å². The molecule has 1 aromatic heterocycles. The van der Waals surface area contributed by atoms with E-state index in [-0.39, 0.29) is 11.9 Å². The number of piperidine rings is 2. The van der Waals surface area contributed by atoms with Crippen molar-refractivity contribution in [1.29, 1.82) is 0 Å². The predicted molar refractivity (Wildman–Crippen MR) is 144 cm³/mol. The number of nitrogens with one attached hydrogen (secondary N) is 2. The van der Waals surface area contributed by atoms with E-state index in [1.54, 1.807) is 18.3 Å². The van der Waals surface area contributed by atoms with Crippen molar-refractivity contribution in [3.8, 4) is 0 Å². The van der Waals surface area contributed by atoms with E-state index in [4.69, 9.17) is 23.2 Å². The average molecular weight is 555 g/mol. The second-order valence-electron chi connectivity index (χ2n) is 9.66. The second-order valence-corrected chi connectivity index (χ2v) is 12.3. The number of halogens is 2. The van der Waals surface area contributed by atoms with Crippen molar-refractivity contribution < 1.29 is 13.2 Å². The summed E-state index contributed by atoms with van der Waals surface area (Å²) in [6.45, 7) is 5.60. The first-order chi connectivity index (χ1) is 17.1. The number of anilines is 1. The molecule has 0 saturated carbocycles. The number of sulfonamides is 1. The summed E-state index contributed by atoms with van der Waals surface area (Å²) in [7, 11) is -3.17. The second kappa shape index (κ2) is 11.6. The van der Waals surface area contributed by atoms with Gasteiger partial charge in [0.25, 0.3) is 5.91 Å². The smallest absolute Gasteiger partial charge is 0.254 e. The van der Waals surface area contributed by atoms with Gasteiger partial charge in [-0.3, -0.25) is 4.79 Å². The molecule has 2 aliphatic rings. The Kier molecular flexibility index (Phi) is 8.78. The molecule has 11 heteroatoms. The topological polar surface area (TPSA) is 94.6 Å². The van der Waals surface area contributed by atoms with Crippen LogP contribution in [0.4, 0.5) is 5.82 Å². The van der Waals surface area contributed by atoms with E-state index in [2.05, 4.69) is 19.9 Å². The summed E-state index contributed by atoms with van der Waals surface area (Å²) in [6, 6.07) is 7.71. The Hall–Kier alpha value is -1.91. The third-order valence-corrected chi connectivity index (χ3v) is 8.56. The van der Waals surface area contributed by atoms with Crippen LogP contribution < -0.4 is 10.0 Å². The highest BCUT2D eigenvalue weighted by atomic mass is 35.5. The molecular weight excluding hydrogens is 521 g/mol. The zero-order chi connectivity index (χ0) is 25.9. The van der Waals surface area contributed by atoms with Crippen LogP contribution in [0.2, 0.25) is 10.0 Å². The number of carbonyl (C=O) groups is 1. The Bertz CT molecular complexity index is 1190. The summed E-state index contributed by atoms with van der Waals surface area (Å²) in [5.41, 5.74) is 2.46. The predicted octanol–water partition coefficient (Wildman–Crippen LogP) is 3.93. The summed E-state index contributed by atoms with van der Waals surface area (Å²) in [5.74, 6) is 0.703. The third-order valence-electron chi connectivity index (χ3n) is 7.06. The first kappa shape index (κ1) is 27.1. The monoisotopic (exact) mass is 553 g/mol. The van der Waals surface area contributed by atoms with Crippen LogP contribution in [0.25, 0.3) is 0 Å². The zero-order valence-corrected chi connectivity index (χ0v) is 23.0.